The summed E-state index contributed by atoms with van der Waals surface area (Å²) < 4.78 is 0. The van der Waals surface area contributed by atoms with Crippen LogP contribution in [0.4, 0.5) is 5.69 Å². The van der Waals surface area contributed by atoms with Gasteiger partial charge in [0, 0.05) is 11.9 Å². The minimum Gasteiger partial charge on any atom is -0.379 e. The van der Waals surface area contributed by atoms with Gasteiger partial charge in [-0.25, -0.2) is 0 Å². The second-order valence-electron chi connectivity index (χ2n) is 4.31. The van der Waals surface area contributed by atoms with Gasteiger partial charge in [0.05, 0.1) is 29.0 Å². The Bertz CT molecular complexity index is 752. The minimum atomic E-state index is 0.674. The van der Waals surface area contributed by atoms with Gasteiger partial charge in [0.2, 0.25) is 0 Å². The van der Waals surface area contributed by atoms with E-state index in [-0.39, 0.29) is 0 Å². The van der Waals surface area contributed by atoms with Crippen LogP contribution in [0.5, 0.6) is 0 Å². The number of nitrogens with one attached hydrogen (secondary N) is 2. The van der Waals surface area contributed by atoms with Crippen molar-refractivity contribution < 1.29 is 0 Å². The Kier molecular flexibility index (Phi) is 2.87. The number of nitrogens with zero attached hydrogens (tertiary/aromatic N) is 2. The average Bonchev–Trinajstić information content (AvgIpc) is 2.94. The van der Waals surface area contributed by atoms with Crippen molar-refractivity contribution in [2.24, 2.45) is 0 Å². The highest BCUT2D eigenvalue weighted by Gasteiger charge is 2.02. The smallest absolute Gasteiger partial charge is 0.0991 e. The molecule has 3 aromatic rings. The third-order valence-corrected chi connectivity index (χ3v) is 3.02. The largest absolute Gasteiger partial charge is 0.379 e. The maximum atomic E-state index is 8.88. The first-order chi connectivity index (χ1) is 9.36. The molecule has 0 spiro atoms. The standard InChI is InChI=1S/C15H12N4/c16-8-11-3-1-4-12(7-11)9-17-14-6-2-5-13-10-18-19-15(13)14/h1-7,10,17H,9H2,(H,18,19). The van der Waals surface area contributed by atoms with Gasteiger partial charge in [-0.05, 0) is 23.8 Å². The summed E-state index contributed by atoms with van der Waals surface area (Å²) in [6, 6.07) is 15.8. The van der Waals surface area contributed by atoms with E-state index in [2.05, 4.69) is 21.6 Å². The number of hydrogen-bond acceptors (Lipinski definition) is 3. The Balaban J connectivity index is 1.82. The van der Waals surface area contributed by atoms with E-state index in [1.807, 2.05) is 36.4 Å². The van der Waals surface area contributed by atoms with Gasteiger partial charge in [0.1, 0.15) is 0 Å². The summed E-state index contributed by atoms with van der Waals surface area (Å²) in [4.78, 5) is 0. The first-order valence-electron chi connectivity index (χ1n) is 6.02. The zero-order chi connectivity index (χ0) is 13.1. The van der Waals surface area contributed by atoms with Crippen molar-refractivity contribution in [3.63, 3.8) is 0 Å². The first kappa shape index (κ1) is 11.3. The third kappa shape index (κ3) is 2.26. The number of para-hydroxylation sites is 1. The van der Waals surface area contributed by atoms with E-state index in [0.717, 1.165) is 22.2 Å². The minimum absolute atomic E-state index is 0.674. The van der Waals surface area contributed by atoms with Gasteiger partial charge in [0.15, 0.2) is 0 Å². The molecule has 0 aliphatic rings. The molecule has 0 saturated heterocycles. The van der Waals surface area contributed by atoms with Crippen molar-refractivity contribution in [3.8, 4) is 6.07 Å². The lowest BCUT2D eigenvalue weighted by Gasteiger charge is -2.07. The van der Waals surface area contributed by atoms with Crippen molar-refractivity contribution in [1.82, 2.24) is 10.2 Å². The van der Waals surface area contributed by atoms with Crippen LogP contribution in [0.3, 0.4) is 0 Å². The fourth-order valence-corrected chi connectivity index (χ4v) is 2.06. The van der Waals surface area contributed by atoms with Crippen LogP contribution in [0.15, 0.2) is 48.7 Å². The van der Waals surface area contributed by atoms with Gasteiger partial charge in [-0.15, -0.1) is 0 Å². The molecule has 1 aromatic heterocycles. The molecule has 3 rings (SSSR count). The zero-order valence-corrected chi connectivity index (χ0v) is 10.2. The predicted octanol–water partition coefficient (Wildman–Crippen LogP) is 3.05. The van der Waals surface area contributed by atoms with E-state index in [9.17, 15) is 0 Å². The molecule has 4 nitrogen and oxygen atoms in total. The van der Waals surface area contributed by atoms with Crippen molar-refractivity contribution >= 4 is 16.6 Å². The summed E-state index contributed by atoms with van der Waals surface area (Å²) in [5.74, 6) is 0. The quantitative estimate of drug-likeness (QED) is 0.748. The molecule has 0 fully saturated rings. The van der Waals surface area contributed by atoms with Gasteiger partial charge in [-0.3, -0.25) is 5.10 Å². The molecule has 19 heavy (non-hydrogen) atoms. The number of benzene rings is 2. The zero-order valence-electron chi connectivity index (χ0n) is 10.2. The number of nitriles is 1. The molecular weight excluding hydrogens is 236 g/mol. The molecule has 0 aliphatic heterocycles. The fraction of sp³-hybridized carbons (Fsp3) is 0.0667. The van der Waals surface area contributed by atoms with Crippen LogP contribution in [-0.2, 0) is 6.54 Å². The predicted molar refractivity (Wildman–Crippen MR) is 74.6 cm³/mol. The summed E-state index contributed by atoms with van der Waals surface area (Å²) in [5.41, 5.74) is 3.77. The third-order valence-electron chi connectivity index (χ3n) is 3.02. The molecule has 0 atom stereocenters. The second-order valence-corrected chi connectivity index (χ2v) is 4.31. The number of aromatic nitrogens is 2. The van der Waals surface area contributed by atoms with Crippen LogP contribution in [-0.4, -0.2) is 10.2 Å². The van der Waals surface area contributed by atoms with Crippen molar-refractivity contribution in [3.05, 3.63) is 59.8 Å². The van der Waals surface area contributed by atoms with Crippen molar-refractivity contribution in [2.45, 2.75) is 6.54 Å². The van der Waals surface area contributed by atoms with Gasteiger partial charge in [0.25, 0.3) is 0 Å². The van der Waals surface area contributed by atoms with E-state index in [1.165, 1.54) is 0 Å². The number of H-pyrrole nitrogens is 1. The van der Waals surface area contributed by atoms with Crippen LogP contribution < -0.4 is 5.32 Å². The summed E-state index contributed by atoms with van der Waals surface area (Å²) in [6.07, 6.45) is 1.80. The molecule has 0 amide bonds. The molecule has 4 heteroatoms. The van der Waals surface area contributed by atoms with Crippen LogP contribution in [0, 0.1) is 11.3 Å². The molecule has 92 valence electrons. The van der Waals surface area contributed by atoms with E-state index in [4.69, 9.17) is 5.26 Å². The number of aromatic amines is 1. The molecule has 0 unspecified atom stereocenters. The fourth-order valence-electron chi connectivity index (χ4n) is 2.06. The molecule has 2 N–H and O–H groups in total. The Morgan fingerprint density at radius 1 is 1.21 bits per heavy atom. The van der Waals surface area contributed by atoms with Crippen LogP contribution in [0.25, 0.3) is 10.9 Å². The Morgan fingerprint density at radius 2 is 2.11 bits per heavy atom. The second kappa shape index (κ2) is 4.83. The van der Waals surface area contributed by atoms with E-state index < -0.39 is 0 Å². The molecule has 0 saturated carbocycles. The highest BCUT2D eigenvalue weighted by Crippen LogP contribution is 2.21. The number of fused-ring (bicyclic) bond motifs is 1. The maximum Gasteiger partial charge on any atom is 0.0991 e. The SMILES string of the molecule is N#Cc1cccc(CNc2cccc3cn[nH]c23)c1. The van der Waals surface area contributed by atoms with Crippen molar-refractivity contribution in [1.29, 1.82) is 5.26 Å². The Hall–Kier alpha value is -2.80. The number of rotatable bonds is 3. The maximum absolute atomic E-state index is 8.88. The van der Waals surface area contributed by atoms with E-state index >= 15 is 0 Å². The molecule has 1 heterocycles. The molecule has 0 bridgehead atoms. The monoisotopic (exact) mass is 248 g/mol. The van der Waals surface area contributed by atoms with E-state index in [0.29, 0.717) is 12.1 Å². The van der Waals surface area contributed by atoms with Crippen LogP contribution >= 0.6 is 0 Å². The average molecular weight is 248 g/mol. The molecule has 0 aliphatic carbocycles. The summed E-state index contributed by atoms with van der Waals surface area (Å²) in [5, 5.41) is 20.3. The Morgan fingerprint density at radius 3 is 3.00 bits per heavy atom. The topological polar surface area (TPSA) is 64.5 Å². The van der Waals surface area contributed by atoms with Crippen LogP contribution in [0.2, 0.25) is 0 Å². The first-order valence-corrected chi connectivity index (χ1v) is 6.02. The number of hydrogen-bond donors (Lipinski definition) is 2. The van der Waals surface area contributed by atoms with Gasteiger partial charge in [-0.1, -0.05) is 24.3 Å². The highest BCUT2D eigenvalue weighted by atomic mass is 15.1. The number of anilines is 1. The summed E-state index contributed by atoms with van der Waals surface area (Å²) in [6.45, 7) is 0.674. The lowest BCUT2D eigenvalue weighted by Crippen LogP contribution is -2.00. The summed E-state index contributed by atoms with van der Waals surface area (Å²) in [7, 11) is 0. The molecular formula is C15H12N4. The van der Waals surface area contributed by atoms with Gasteiger partial charge >= 0.3 is 0 Å². The van der Waals surface area contributed by atoms with Crippen molar-refractivity contribution in [2.75, 3.05) is 5.32 Å². The van der Waals surface area contributed by atoms with Gasteiger partial charge < -0.3 is 5.32 Å². The van der Waals surface area contributed by atoms with Gasteiger partial charge in [-0.2, -0.15) is 10.4 Å². The molecule has 2 aromatic carbocycles. The Labute approximate surface area is 110 Å². The summed E-state index contributed by atoms with van der Waals surface area (Å²) >= 11 is 0. The highest BCUT2D eigenvalue weighted by molar-refractivity contribution is 5.89. The lowest BCUT2D eigenvalue weighted by atomic mass is 10.1. The molecule has 0 radical (unpaired) electrons. The van der Waals surface area contributed by atoms with Crippen LogP contribution in [0.1, 0.15) is 11.1 Å². The normalized spacial score (nSPS) is 10.3. The lowest BCUT2D eigenvalue weighted by molar-refractivity contribution is 1.11. The van der Waals surface area contributed by atoms with E-state index in [1.54, 1.807) is 12.3 Å².